The van der Waals surface area contributed by atoms with Gasteiger partial charge in [-0.3, -0.25) is 0 Å². The van der Waals surface area contributed by atoms with Crippen LogP contribution in [0.25, 0.3) is 0 Å². The van der Waals surface area contributed by atoms with E-state index in [0.717, 1.165) is 10.4 Å². The third-order valence-electron chi connectivity index (χ3n) is 5.87. The van der Waals surface area contributed by atoms with Crippen molar-refractivity contribution in [1.82, 2.24) is 0 Å². The SMILES string of the molecule is CC(C)=C(O)C(O)C(O)C(O)C(O)[Si](c1ccccc1)(c1ccccc1)C(C)(C)C. The smallest absolute Gasteiger partial charge is 0.157 e. The van der Waals surface area contributed by atoms with Crippen molar-refractivity contribution in [3.8, 4) is 0 Å². The van der Waals surface area contributed by atoms with Gasteiger partial charge in [0.25, 0.3) is 0 Å². The first-order valence-electron chi connectivity index (χ1n) is 10.2. The van der Waals surface area contributed by atoms with Gasteiger partial charge in [0.15, 0.2) is 8.07 Å². The minimum atomic E-state index is -3.15. The fourth-order valence-electron chi connectivity index (χ4n) is 4.31. The molecule has 4 unspecified atom stereocenters. The summed E-state index contributed by atoms with van der Waals surface area (Å²) in [5.74, 6) is -0.406. The van der Waals surface area contributed by atoms with E-state index >= 15 is 0 Å². The van der Waals surface area contributed by atoms with Crippen molar-refractivity contribution in [3.63, 3.8) is 0 Å². The molecule has 0 bridgehead atoms. The van der Waals surface area contributed by atoms with Gasteiger partial charge in [-0.25, -0.2) is 0 Å². The van der Waals surface area contributed by atoms with E-state index in [1.165, 1.54) is 0 Å². The van der Waals surface area contributed by atoms with Crippen molar-refractivity contribution in [3.05, 3.63) is 72.0 Å². The van der Waals surface area contributed by atoms with E-state index in [1.807, 2.05) is 81.4 Å². The van der Waals surface area contributed by atoms with Gasteiger partial charge >= 0.3 is 0 Å². The van der Waals surface area contributed by atoms with Gasteiger partial charge in [0.05, 0.1) is 5.73 Å². The minimum absolute atomic E-state index is 0.406. The van der Waals surface area contributed by atoms with Crippen LogP contribution in [0, 0.1) is 0 Å². The lowest BCUT2D eigenvalue weighted by molar-refractivity contribution is -0.0865. The summed E-state index contributed by atoms with van der Waals surface area (Å²) in [4.78, 5) is 0. The standard InChI is InChI=1S/C24H34O5Si/c1-16(2)19(25)20(26)21(27)22(28)23(29)30(24(3,4)5,17-12-8-6-9-13-17)18-14-10-7-11-15-18/h6-15,20-23,25-29H,1-5H3. The molecular weight excluding hydrogens is 396 g/mol. The molecule has 0 aromatic heterocycles. The van der Waals surface area contributed by atoms with Gasteiger partial charge in [-0.1, -0.05) is 91.8 Å². The van der Waals surface area contributed by atoms with Crippen LogP contribution in [0.15, 0.2) is 72.0 Å². The lowest BCUT2D eigenvalue weighted by atomic mass is 10.0. The average Bonchev–Trinajstić information content (AvgIpc) is 2.72. The maximum atomic E-state index is 11.7. The molecule has 0 spiro atoms. The third-order valence-corrected chi connectivity index (χ3v) is 12.0. The van der Waals surface area contributed by atoms with Crippen molar-refractivity contribution in [2.75, 3.05) is 0 Å². The van der Waals surface area contributed by atoms with Gasteiger partial charge in [0.2, 0.25) is 0 Å². The van der Waals surface area contributed by atoms with E-state index in [-0.39, 0.29) is 0 Å². The van der Waals surface area contributed by atoms with Crippen LogP contribution < -0.4 is 10.4 Å². The summed E-state index contributed by atoms with van der Waals surface area (Å²) in [6.45, 7) is 9.25. The second kappa shape index (κ2) is 9.45. The van der Waals surface area contributed by atoms with Gasteiger partial charge in [-0.05, 0) is 24.5 Å². The summed E-state index contributed by atoms with van der Waals surface area (Å²) >= 11 is 0. The van der Waals surface area contributed by atoms with Crippen molar-refractivity contribution in [1.29, 1.82) is 0 Å². The highest BCUT2D eigenvalue weighted by atomic mass is 28.3. The number of benzene rings is 2. The highest BCUT2D eigenvalue weighted by Crippen LogP contribution is 2.39. The molecule has 0 radical (unpaired) electrons. The predicted octanol–water partition coefficient (Wildman–Crippen LogP) is 1.88. The largest absolute Gasteiger partial charge is 0.510 e. The molecule has 0 fully saturated rings. The zero-order chi connectivity index (χ0) is 22.7. The topological polar surface area (TPSA) is 101 Å². The number of aliphatic hydroxyl groups is 5. The fraction of sp³-hybridized carbons (Fsp3) is 0.417. The van der Waals surface area contributed by atoms with E-state index < -0.39 is 42.9 Å². The minimum Gasteiger partial charge on any atom is -0.510 e. The molecule has 0 aliphatic carbocycles. The van der Waals surface area contributed by atoms with Gasteiger partial charge < -0.3 is 25.5 Å². The van der Waals surface area contributed by atoms with Crippen LogP contribution in [-0.4, -0.2) is 57.6 Å². The van der Waals surface area contributed by atoms with Crippen molar-refractivity contribution >= 4 is 18.4 Å². The zero-order valence-corrected chi connectivity index (χ0v) is 19.3. The monoisotopic (exact) mass is 430 g/mol. The normalized spacial score (nSPS) is 16.4. The van der Waals surface area contributed by atoms with Crippen molar-refractivity contribution < 1.29 is 25.5 Å². The Labute approximate surface area is 180 Å². The lowest BCUT2D eigenvalue weighted by Crippen LogP contribution is -2.75. The molecule has 0 aliphatic rings. The van der Waals surface area contributed by atoms with Crippen LogP contribution in [-0.2, 0) is 0 Å². The van der Waals surface area contributed by atoms with Crippen LogP contribution in [0.3, 0.4) is 0 Å². The van der Waals surface area contributed by atoms with Crippen LogP contribution in [0.4, 0.5) is 0 Å². The summed E-state index contributed by atoms with van der Waals surface area (Å²) < 4.78 is 0. The first kappa shape index (κ1) is 24.3. The molecule has 0 aliphatic heterocycles. The summed E-state index contributed by atoms with van der Waals surface area (Å²) in [5, 5.41) is 55.2. The second-order valence-corrected chi connectivity index (χ2v) is 13.9. The van der Waals surface area contributed by atoms with Crippen LogP contribution >= 0.6 is 0 Å². The van der Waals surface area contributed by atoms with Gasteiger partial charge in [0, 0.05) is 0 Å². The molecule has 4 atom stereocenters. The van der Waals surface area contributed by atoms with Gasteiger partial charge in [-0.15, -0.1) is 0 Å². The average molecular weight is 431 g/mol. The van der Waals surface area contributed by atoms with E-state index in [0.29, 0.717) is 5.57 Å². The zero-order valence-electron chi connectivity index (χ0n) is 18.3. The van der Waals surface area contributed by atoms with Crippen LogP contribution in [0.5, 0.6) is 0 Å². The Morgan fingerprint density at radius 2 is 1.13 bits per heavy atom. The highest BCUT2D eigenvalue weighted by molar-refractivity contribution is 7.05. The Morgan fingerprint density at radius 1 is 0.733 bits per heavy atom. The molecule has 0 amide bonds. The Hall–Kier alpha value is -1.96. The molecule has 0 heterocycles. The molecule has 5 N–H and O–H groups in total. The number of aliphatic hydroxyl groups excluding tert-OH is 5. The quantitative estimate of drug-likeness (QED) is 0.341. The molecular formula is C24H34O5Si. The number of allylic oxidation sites excluding steroid dienone is 1. The molecule has 2 aromatic rings. The molecule has 0 saturated carbocycles. The molecule has 5 nitrogen and oxygen atoms in total. The molecule has 30 heavy (non-hydrogen) atoms. The summed E-state index contributed by atoms with van der Waals surface area (Å²) in [7, 11) is -3.15. The van der Waals surface area contributed by atoms with E-state index in [1.54, 1.807) is 13.8 Å². The molecule has 6 heteroatoms. The Balaban J connectivity index is 2.69. The molecule has 0 saturated heterocycles. The summed E-state index contributed by atoms with van der Waals surface area (Å²) in [5.41, 5.74) is -0.925. The first-order chi connectivity index (χ1) is 14.0. The predicted molar refractivity (Wildman–Crippen MR) is 123 cm³/mol. The van der Waals surface area contributed by atoms with Gasteiger partial charge in [-0.2, -0.15) is 0 Å². The van der Waals surface area contributed by atoms with Crippen molar-refractivity contribution in [2.45, 2.75) is 63.7 Å². The van der Waals surface area contributed by atoms with E-state index in [2.05, 4.69) is 0 Å². The number of hydrogen-bond donors (Lipinski definition) is 5. The number of rotatable bonds is 7. The van der Waals surface area contributed by atoms with E-state index in [4.69, 9.17) is 0 Å². The summed E-state index contributed by atoms with van der Waals surface area (Å²) in [6, 6.07) is 19.1. The van der Waals surface area contributed by atoms with E-state index in [9.17, 15) is 25.5 Å². The van der Waals surface area contributed by atoms with Crippen molar-refractivity contribution in [2.24, 2.45) is 0 Å². The van der Waals surface area contributed by atoms with Crippen LogP contribution in [0.2, 0.25) is 5.04 Å². The molecule has 2 rings (SSSR count). The molecule has 2 aromatic carbocycles. The Kier molecular flexibility index (Phi) is 7.66. The second-order valence-electron chi connectivity index (χ2n) is 9.05. The lowest BCUT2D eigenvalue weighted by Gasteiger charge is -2.49. The highest BCUT2D eigenvalue weighted by Gasteiger charge is 2.56. The summed E-state index contributed by atoms with van der Waals surface area (Å²) in [6.07, 6.45) is -5.12. The Morgan fingerprint density at radius 3 is 1.47 bits per heavy atom. The maximum Gasteiger partial charge on any atom is 0.157 e. The first-order valence-corrected chi connectivity index (χ1v) is 12.2. The number of hydrogen-bond acceptors (Lipinski definition) is 5. The Bertz CT molecular complexity index is 801. The third kappa shape index (κ3) is 4.38. The van der Waals surface area contributed by atoms with Crippen LogP contribution in [0.1, 0.15) is 34.6 Å². The maximum absolute atomic E-state index is 11.7. The molecule has 164 valence electrons. The fourth-order valence-corrected chi connectivity index (χ4v) is 10.1. The van der Waals surface area contributed by atoms with Gasteiger partial charge in [0.1, 0.15) is 24.1 Å².